The second-order valence-corrected chi connectivity index (χ2v) is 6.35. The number of ether oxygens (including phenoxy) is 1. The summed E-state index contributed by atoms with van der Waals surface area (Å²) in [6, 6.07) is 16.5. The summed E-state index contributed by atoms with van der Waals surface area (Å²) in [7, 11) is 0. The number of rotatable bonds is 5. The lowest BCUT2D eigenvalue weighted by Gasteiger charge is -2.29. The van der Waals surface area contributed by atoms with Crippen LogP contribution in [-0.2, 0) is 22.6 Å². The van der Waals surface area contributed by atoms with Crippen molar-refractivity contribution >= 4 is 17.7 Å². The molecule has 0 radical (unpaired) electrons. The Hall–Kier alpha value is -2.95. The first-order valence-corrected chi connectivity index (χ1v) is 8.73. The van der Waals surface area contributed by atoms with Gasteiger partial charge in [-0.05, 0) is 30.0 Å². The third-order valence-corrected chi connectivity index (χ3v) is 4.57. The Bertz CT molecular complexity index is 813. The SMILES string of the molecule is CCc1ccc(C2NC(=O)N=C(C)C2C(=O)OCc2ccccc2)cc1. The fourth-order valence-corrected chi connectivity index (χ4v) is 3.08. The predicted molar refractivity (Wildman–Crippen MR) is 99.9 cm³/mol. The maximum atomic E-state index is 12.7. The summed E-state index contributed by atoms with van der Waals surface area (Å²) in [5, 5.41) is 2.80. The van der Waals surface area contributed by atoms with Crippen molar-refractivity contribution in [2.75, 3.05) is 0 Å². The Labute approximate surface area is 153 Å². The van der Waals surface area contributed by atoms with Gasteiger partial charge in [0.05, 0.1) is 6.04 Å². The molecule has 134 valence electrons. The summed E-state index contributed by atoms with van der Waals surface area (Å²) < 4.78 is 5.50. The van der Waals surface area contributed by atoms with Crippen molar-refractivity contribution in [3.05, 3.63) is 71.3 Å². The van der Waals surface area contributed by atoms with E-state index in [1.807, 2.05) is 54.6 Å². The molecule has 3 rings (SSSR count). The van der Waals surface area contributed by atoms with Gasteiger partial charge in [0.15, 0.2) is 0 Å². The molecule has 1 N–H and O–H groups in total. The smallest absolute Gasteiger partial charge is 0.341 e. The summed E-state index contributed by atoms with van der Waals surface area (Å²) in [5.41, 5.74) is 3.45. The van der Waals surface area contributed by atoms with E-state index in [-0.39, 0.29) is 12.6 Å². The van der Waals surface area contributed by atoms with Gasteiger partial charge in [0, 0.05) is 5.71 Å². The Balaban J connectivity index is 1.81. The van der Waals surface area contributed by atoms with E-state index in [1.54, 1.807) is 6.92 Å². The van der Waals surface area contributed by atoms with Gasteiger partial charge in [-0.25, -0.2) is 9.79 Å². The highest BCUT2D eigenvalue weighted by Gasteiger charge is 2.37. The molecule has 0 saturated carbocycles. The number of aryl methyl sites for hydroxylation is 1. The van der Waals surface area contributed by atoms with Gasteiger partial charge < -0.3 is 10.1 Å². The van der Waals surface area contributed by atoms with Crippen LogP contribution in [0.4, 0.5) is 4.79 Å². The van der Waals surface area contributed by atoms with Crippen LogP contribution in [0.3, 0.4) is 0 Å². The van der Waals surface area contributed by atoms with Crippen molar-refractivity contribution in [1.82, 2.24) is 5.32 Å². The van der Waals surface area contributed by atoms with E-state index in [1.165, 1.54) is 5.56 Å². The van der Waals surface area contributed by atoms with Crippen molar-refractivity contribution < 1.29 is 14.3 Å². The lowest BCUT2D eigenvalue weighted by molar-refractivity contribution is -0.148. The number of carbonyl (C=O) groups is 2. The molecule has 26 heavy (non-hydrogen) atoms. The Morgan fingerprint density at radius 3 is 2.42 bits per heavy atom. The zero-order valence-electron chi connectivity index (χ0n) is 14.9. The van der Waals surface area contributed by atoms with Gasteiger partial charge in [-0.2, -0.15) is 0 Å². The average Bonchev–Trinajstić information content (AvgIpc) is 2.66. The highest BCUT2D eigenvalue weighted by atomic mass is 16.5. The molecule has 5 heteroatoms. The van der Waals surface area contributed by atoms with Crippen molar-refractivity contribution in [1.29, 1.82) is 0 Å². The second kappa shape index (κ2) is 7.95. The Morgan fingerprint density at radius 1 is 1.08 bits per heavy atom. The molecule has 0 fully saturated rings. The fraction of sp³-hybridized carbons (Fsp3) is 0.286. The molecular formula is C21H22N2O3. The van der Waals surface area contributed by atoms with Crippen LogP contribution in [0, 0.1) is 5.92 Å². The fourth-order valence-electron chi connectivity index (χ4n) is 3.08. The molecule has 2 aromatic carbocycles. The van der Waals surface area contributed by atoms with Crippen molar-refractivity contribution in [2.45, 2.75) is 32.9 Å². The largest absolute Gasteiger partial charge is 0.460 e. The minimum Gasteiger partial charge on any atom is -0.460 e. The topological polar surface area (TPSA) is 67.8 Å². The molecule has 0 spiro atoms. The number of urea groups is 1. The summed E-state index contributed by atoms with van der Waals surface area (Å²) >= 11 is 0. The number of amides is 2. The van der Waals surface area contributed by atoms with Crippen molar-refractivity contribution in [2.24, 2.45) is 10.9 Å². The lowest BCUT2D eigenvalue weighted by atomic mass is 9.88. The molecule has 2 atom stereocenters. The molecule has 5 nitrogen and oxygen atoms in total. The molecule has 1 heterocycles. The molecule has 2 amide bonds. The Kier molecular flexibility index (Phi) is 5.46. The normalized spacial score (nSPS) is 19.5. The van der Waals surface area contributed by atoms with Crippen molar-refractivity contribution in [3.63, 3.8) is 0 Å². The average molecular weight is 350 g/mol. The van der Waals surface area contributed by atoms with E-state index >= 15 is 0 Å². The van der Waals surface area contributed by atoms with Crippen LogP contribution in [-0.4, -0.2) is 17.7 Å². The third-order valence-electron chi connectivity index (χ3n) is 4.57. The van der Waals surface area contributed by atoms with Gasteiger partial charge in [-0.3, -0.25) is 4.79 Å². The number of hydrogen-bond donors (Lipinski definition) is 1. The zero-order valence-corrected chi connectivity index (χ0v) is 14.9. The number of nitrogens with one attached hydrogen (secondary N) is 1. The Morgan fingerprint density at radius 2 is 1.77 bits per heavy atom. The number of aliphatic imine (C=N–C) groups is 1. The first kappa shape index (κ1) is 17.9. The number of esters is 1. The maximum absolute atomic E-state index is 12.7. The van der Waals surface area contributed by atoms with Gasteiger partial charge in [-0.15, -0.1) is 0 Å². The second-order valence-electron chi connectivity index (χ2n) is 6.35. The van der Waals surface area contributed by atoms with E-state index < -0.39 is 18.0 Å². The molecule has 2 unspecified atom stereocenters. The van der Waals surface area contributed by atoms with Crippen LogP contribution in [0.2, 0.25) is 0 Å². The standard InChI is InChI=1S/C21H22N2O3/c1-3-15-9-11-17(12-10-15)19-18(14(2)22-21(25)23-19)20(24)26-13-16-7-5-4-6-8-16/h4-12,18-19H,3,13H2,1-2H3,(H,23,25). The first-order chi connectivity index (χ1) is 12.6. The number of benzene rings is 2. The third kappa shape index (κ3) is 3.99. The van der Waals surface area contributed by atoms with E-state index in [9.17, 15) is 9.59 Å². The number of nitrogens with zero attached hydrogens (tertiary/aromatic N) is 1. The van der Waals surface area contributed by atoms with E-state index in [0.29, 0.717) is 5.71 Å². The van der Waals surface area contributed by atoms with Gasteiger partial charge >= 0.3 is 12.0 Å². The monoisotopic (exact) mass is 350 g/mol. The van der Waals surface area contributed by atoms with Gasteiger partial charge in [0.2, 0.25) is 0 Å². The highest BCUT2D eigenvalue weighted by molar-refractivity contribution is 6.08. The molecule has 0 aromatic heterocycles. The highest BCUT2D eigenvalue weighted by Crippen LogP contribution is 2.28. The van der Waals surface area contributed by atoms with Crippen LogP contribution in [0.5, 0.6) is 0 Å². The van der Waals surface area contributed by atoms with E-state index in [2.05, 4.69) is 17.2 Å². The molecule has 1 aliphatic rings. The molecule has 2 aromatic rings. The summed E-state index contributed by atoms with van der Waals surface area (Å²) in [5.74, 6) is -1.02. The van der Waals surface area contributed by atoms with Crippen LogP contribution in [0.15, 0.2) is 59.6 Å². The molecule has 0 bridgehead atoms. The molecule has 0 aliphatic carbocycles. The summed E-state index contributed by atoms with van der Waals surface area (Å²) in [4.78, 5) is 28.5. The van der Waals surface area contributed by atoms with Gasteiger partial charge in [0.25, 0.3) is 0 Å². The zero-order chi connectivity index (χ0) is 18.5. The first-order valence-electron chi connectivity index (χ1n) is 8.73. The van der Waals surface area contributed by atoms with E-state index in [0.717, 1.165) is 17.5 Å². The summed E-state index contributed by atoms with van der Waals surface area (Å²) in [6.07, 6.45) is 0.931. The minimum absolute atomic E-state index is 0.193. The predicted octanol–water partition coefficient (Wildman–Crippen LogP) is 3.83. The molecular weight excluding hydrogens is 328 g/mol. The van der Waals surface area contributed by atoms with Crippen LogP contribution in [0.1, 0.15) is 36.6 Å². The summed E-state index contributed by atoms with van der Waals surface area (Å²) in [6.45, 7) is 3.97. The minimum atomic E-state index is -0.635. The lowest BCUT2D eigenvalue weighted by Crippen LogP contribution is -2.44. The van der Waals surface area contributed by atoms with E-state index in [4.69, 9.17) is 4.74 Å². The molecule has 1 aliphatic heterocycles. The van der Waals surface area contributed by atoms with Gasteiger partial charge in [-0.1, -0.05) is 61.5 Å². The van der Waals surface area contributed by atoms with Gasteiger partial charge in [0.1, 0.15) is 12.5 Å². The maximum Gasteiger partial charge on any atom is 0.341 e. The van der Waals surface area contributed by atoms with Crippen LogP contribution >= 0.6 is 0 Å². The van der Waals surface area contributed by atoms with Crippen molar-refractivity contribution in [3.8, 4) is 0 Å². The number of hydrogen-bond acceptors (Lipinski definition) is 3. The molecule has 0 saturated heterocycles. The van der Waals surface area contributed by atoms with Crippen LogP contribution in [0.25, 0.3) is 0 Å². The quantitative estimate of drug-likeness (QED) is 0.833. The van der Waals surface area contributed by atoms with Crippen LogP contribution < -0.4 is 5.32 Å². The number of carbonyl (C=O) groups excluding carboxylic acids is 2.